The normalized spacial score (nSPS) is 19.5. The Hall–Kier alpha value is -3.95. The Morgan fingerprint density at radius 2 is 1.89 bits per heavy atom. The van der Waals surface area contributed by atoms with Crippen LogP contribution in [-0.2, 0) is 20.5 Å². The molecule has 1 aliphatic carbocycles. The number of benzene rings is 2. The molecule has 2 aliphatic heterocycles. The Morgan fingerprint density at radius 1 is 1.14 bits per heavy atom. The lowest BCUT2D eigenvalue weighted by atomic mass is 9.75. The number of nitrogens with zero attached hydrogens (tertiary/aromatic N) is 1. The summed E-state index contributed by atoms with van der Waals surface area (Å²) in [6.07, 6.45) is -3.73. The van der Waals surface area contributed by atoms with Crippen LogP contribution in [0.15, 0.2) is 65.1 Å². The number of allylic oxidation sites excluding steroid dienone is 2. The maximum absolute atomic E-state index is 14.0. The largest absolute Gasteiger partial charge is 0.463 e. The molecule has 0 unspecified atom stereocenters. The van der Waals surface area contributed by atoms with Gasteiger partial charge in [0.2, 0.25) is 6.79 Å². The van der Waals surface area contributed by atoms with Crippen LogP contribution in [0.4, 0.5) is 18.9 Å². The highest BCUT2D eigenvalue weighted by Crippen LogP contribution is 2.50. The first-order valence-corrected chi connectivity index (χ1v) is 11.5. The fourth-order valence-electron chi connectivity index (χ4n) is 5.01. The minimum atomic E-state index is -4.69. The molecule has 10 heteroatoms. The lowest BCUT2D eigenvalue weighted by molar-refractivity contribution is -0.139. The fraction of sp³-hybridized carbons (Fsp3) is 0.308. The number of anilines is 1. The molecule has 7 nitrogen and oxygen atoms in total. The van der Waals surface area contributed by atoms with E-state index in [1.165, 1.54) is 23.1 Å². The van der Waals surface area contributed by atoms with Crippen LogP contribution in [0, 0.1) is 0 Å². The number of nitrogens with two attached hydrogens (primary N) is 1. The summed E-state index contributed by atoms with van der Waals surface area (Å²) >= 11 is 0. The summed E-state index contributed by atoms with van der Waals surface area (Å²) in [5.74, 6) is -1.27. The molecule has 2 aromatic rings. The maximum atomic E-state index is 14.0. The molecule has 2 N–H and O–H groups in total. The van der Waals surface area contributed by atoms with Crippen molar-refractivity contribution in [3.63, 3.8) is 0 Å². The van der Waals surface area contributed by atoms with Crippen molar-refractivity contribution in [1.82, 2.24) is 0 Å². The number of halogens is 3. The third-order valence-corrected chi connectivity index (χ3v) is 6.47. The first-order chi connectivity index (χ1) is 17.2. The van der Waals surface area contributed by atoms with Crippen molar-refractivity contribution in [1.29, 1.82) is 0 Å². The predicted molar refractivity (Wildman–Crippen MR) is 123 cm³/mol. The number of alkyl halides is 3. The van der Waals surface area contributed by atoms with Gasteiger partial charge in [-0.15, -0.1) is 0 Å². The van der Waals surface area contributed by atoms with E-state index < -0.39 is 23.6 Å². The van der Waals surface area contributed by atoms with Crippen LogP contribution in [-0.4, -0.2) is 25.2 Å². The van der Waals surface area contributed by atoms with Gasteiger partial charge in [-0.1, -0.05) is 18.2 Å². The van der Waals surface area contributed by atoms with Gasteiger partial charge >= 0.3 is 12.1 Å². The van der Waals surface area contributed by atoms with E-state index in [1.54, 1.807) is 25.1 Å². The number of hydrogen-bond donors (Lipinski definition) is 1. The van der Waals surface area contributed by atoms with E-state index >= 15 is 0 Å². The summed E-state index contributed by atoms with van der Waals surface area (Å²) in [6, 6.07) is 9.97. The molecule has 2 heterocycles. The molecule has 0 saturated heterocycles. The highest BCUT2D eigenvalue weighted by atomic mass is 19.4. The second-order valence-electron chi connectivity index (χ2n) is 8.55. The zero-order valence-electron chi connectivity index (χ0n) is 19.4. The third-order valence-electron chi connectivity index (χ3n) is 6.47. The van der Waals surface area contributed by atoms with Crippen LogP contribution < -0.4 is 20.1 Å². The molecule has 3 aliphatic rings. The van der Waals surface area contributed by atoms with Gasteiger partial charge in [0.15, 0.2) is 17.3 Å². The molecule has 0 spiro atoms. The highest BCUT2D eigenvalue weighted by Gasteiger charge is 2.45. The number of carbonyl (C=O) groups is 2. The minimum absolute atomic E-state index is 0.0163. The zero-order chi connectivity index (χ0) is 25.6. The SMILES string of the molecule is CCOC(=O)C1=C(N)N(c2ccccc2C(F)(F)F)C2=C(C(=O)CCC2)[C@H]1c1ccc2c(c1)OCO2. The summed E-state index contributed by atoms with van der Waals surface area (Å²) in [5.41, 5.74) is 6.35. The number of hydrogen-bond acceptors (Lipinski definition) is 7. The lowest BCUT2D eigenvalue weighted by Crippen LogP contribution is -2.41. The van der Waals surface area contributed by atoms with E-state index in [0.29, 0.717) is 35.6 Å². The first-order valence-electron chi connectivity index (χ1n) is 11.5. The summed E-state index contributed by atoms with van der Waals surface area (Å²) < 4.78 is 58.1. The van der Waals surface area contributed by atoms with Crippen molar-refractivity contribution < 1.29 is 37.0 Å². The Bertz CT molecular complexity index is 1310. The van der Waals surface area contributed by atoms with Gasteiger partial charge in [0.1, 0.15) is 5.82 Å². The van der Waals surface area contributed by atoms with Crippen LogP contribution >= 0.6 is 0 Å². The molecule has 36 heavy (non-hydrogen) atoms. The zero-order valence-corrected chi connectivity index (χ0v) is 19.4. The van der Waals surface area contributed by atoms with Crippen molar-refractivity contribution in [3.05, 3.63) is 76.3 Å². The Balaban J connectivity index is 1.78. The van der Waals surface area contributed by atoms with Crippen molar-refractivity contribution in [2.45, 2.75) is 38.3 Å². The molecular weight excluding hydrogens is 477 g/mol. The van der Waals surface area contributed by atoms with E-state index in [1.807, 2.05) is 0 Å². The number of ether oxygens (including phenoxy) is 3. The molecule has 0 amide bonds. The molecule has 0 radical (unpaired) electrons. The number of rotatable bonds is 4. The van der Waals surface area contributed by atoms with Gasteiger partial charge < -0.3 is 19.9 Å². The first kappa shape index (κ1) is 23.8. The van der Waals surface area contributed by atoms with Gasteiger partial charge in [-0.3, -0.25) is 9.69 Å². The molecule has 0 aromatic heterocycles. The van der Waals surface area contributed by atoms with Crippen molar-refractivity contribution in [2.24, 2.45) is 5.73 Å². The van der Waals surface area contributed by atoms with E-state index in [0.717, 1.165) is 6.07 Å². The molecular formula is C26H23F3N2O5. The van der Waals surface area contributed by atoms with E-state index in [-0.39, 0.29) is 48.3 Å². The quantitative estimate of drug-likeness (QED) is 0.605. The molecule has 0 fully saturated rings. The minimum Gasteiger partial charge on any atom is -0.463 e. The van der Waals surface area contributed by atoms with Gasteiger partial charge in [-0.25, -0.2) is 4.79 Å². The van der Waals surface area contributed by atoms with Crippen LogP contribution in [0.3, 0.4) is 0 Å². The maximum Gasteiger partial charge on any atom is 0.418 e. The Morgan fingerprint density at radius 3 is 2.64 bits per heavy atom. The molecule has 5 rings (SSSR count). The predicted octanol–water partition coefficient (Wildman–Crippen LogP) is 4.78. The number of fused-ring (bicyclic) bond motifs is 1. The number of carbonyl (C=O) groups excluding carboxylic acids is 2. The van der Waals surface area contributed by atoms with Gasteiger partial charge in [0.05, 0.1) is 29.3 Å². The monoisotopic (exact) mass is 500 g/mol. The second-order valence-corrected chi connectivity index (χ2v) is 8.55. The molecule has 1 atom stereocenters. The molecule has 188 valence electrons. The summed E-state index contributed by atoms with van der Waals surface area (Å²) in [5, 5.41) is 0. The van der Waals surface area contributed by atoms with Crippen LogP contribution in [0.1, 0.15) is 43.2 Å². The number of ketones is 1. The Labute approximate surface area is 204 Å². The third kappa shape index (κ3) is 3.86. The van der Waals surface area contributed by atoms with Gasteiger partial charge in [-0.05, 0) is 49.6 Å². The smallest absolute Gasteiger partial charge is 0.418 e. The van der Waals surface area contributed by atoms with E-state index in [9.17, 15) is 22.8 Å². The molecule has 0 saturated carbocycles. The summed E-state index contributed by atoms with van der Waals surface area (Å²) in [6.45, 7) is 1.66. The fourth-order valence-corrected chi connectivity index (χ4v) is 5.01. The van der Waals surface area contributed by atoms with Crippen LogP contribution in [0.5, 0.6) is 11.5 Å². The number of para-hydroxylation sites is 1. The number of Topliss-reactive ketones (excluding diaryl/α,β-unsaturated/α-hetero) is 1. The highest BCUT2D eigenvalue weighted by molar-refractivity contribution is 6.05. The number of esters is 1. The van der Waals surface area contributed by atoms with E-state index in [2.05, 4.69) is 0 Å². The molecule has 0 bridgehead atoms. The summed E-state index contributed by atoms with van der Waals surface area (Å²) in [4.78, 5) is 27.8. The summed E-state index contributed by atoms with van der Waals surface area (Å²) in [7, 11) is 0. The van der Waals surface area contributed by atoms with Gasteiger partial charge in [0.25, 0.3) is 0 Å². The topological polar surface area (TPSA) is 91.1 Å². The van der Waals surface area contributed by atoms with Crippen LogP contribution in [0.25, 0.3) is 0 Å². The standard InChI is InChI=1S/C26H23F3N2O5/c1-2-34-25(33)23-21(14-10-11-19-20(12-14)36-13-35-19)22-17(8-5-9-18(22)32)31(24(23)30)16-7-4-3-6-15(16)26(27,28)29/h3-4,6-7,10-12,21H,2,5,8-9,13,30H2,1H3/t21-/m1/s1. The lowest BCUT2D eigenvalue weighted by Gasteiger charge is -2.41. The Kier molecular flexibility index (Phi) is 5.89. The van der Waals surface area contributed by atoms with Crippen molar-refractivity contribution in [2.75, 3.05) is 18.3 Å². The average molecular weight is 500 g/mol. The van der Waals surface area contributed by atoms with Crippen molar-refractivity contribution in [3.8, 4) is 11.5 Å². The molecule has 2 aromatic carbocycles. The van der Waals surface area contributed by atoms with Crippen molar-refractivity contribution >= 4 is 17.4 Å². The van der Waals surface area contributed by atoms with Crippen LogP contribution in [0.2, 0.25) is 0 Å². The van der Waals surface area contributed by atoms with E-state index in [4.69, 9.17) is 19.9 Å². The second kappa shape index (κ2) is 8.92. The van der Waals surface area contributed by atoms with Gasteiger partial charge in [0, 0.05) is 17.7 Å². The average Bonchev–Trinajstić information content (AvgIpc) is 3.31. The van der Waals surface area contributed by atoms with Gasteiger partial charge in [-0.2, -0.15) is 13.2 Å².